The van der Waals surface area contributed by atoms with Crippen LogP contribution >= 0.6 is 11.6 Å². The smallest absolute Gasteiger partial charge is 0.157 e. The van der Waals surface area contributed by atoms with Gasteiger partial charge < -0.3 is 11.1 Å². The molecule has 0 fully saturated rings. The summed E-state index contributed by atoms with van der Waals surface area (Å²) in [5, 5.41) is 3.54. The summed E-state index contributed by atoms with van der Waals surface area (Å²) in [6.45, 7) is 6.43. The molecule has 0 spiro atoms. The highest BCUT2D eigenvalue weighted by Gasteiger charge is 2.13. The monoisotopic (exact) mass is 228 g/mol. The van der Waals surface area contributed by atoms with Gasteiger partial charge in [0, 0.05) is 6.04 Å². The molecular formula is C10H17ClN4. The van der Waals surface area contributed by atoms with Crippen molar-refractivity contribution in [3.63, 3.8) is 0 Å². The van der Waals surface area contributed by atoms with Crippen LogP contribution in [0, 0.1) is 5.92 Å². The fraction of sp³-hybridized carbons (Fsp3) is 0.600. The van der Waals surface area contributed by atoms with Crippen LogP contribution in [0.4, 0.5) is 11.5 Å². The van der Waals surface area contributed by atoms with E-state index in [-0.39, 0.29) is 0 Å². The summed E-state index contributed by atoms with van der Waals surface area (Å²) in [4.78, 5) is 7.87. The maximum Gasteiger partial charge on any atom is 0.157 e. The molecule has 1 aromatic heterocycles. The Kier molecular flexibility index (Phi) is 4.15. The molecular weight excluding hydrogens is 212 g/mol. The number of nitrogen functional groups attached to an aromatic ring is 1. The van der Waals surface area contributed by atoms with Crippen molar-refractivity contribution in [2.24, 2.45) is 5.92 Å². The van der Waals surface area contributed by atoms with Crippen molar-refractivity contribution in [2.45, 2.75) is 33.2 Å². The van der Waals surface area contributed by atoms with E-state index in [1.54, 1.807) is 0 Å². The lowest BCUT2D eigenvalue weighted by atomic mass is 10.0. The van der Waals surface area contributed by atoms with Crippen molar-refractivity contribution in [1.82, 2.24) is 9.97 Å². The fourth-order valence-electron chi connectivity index (χ4n) is 1.20. The molecule has 0 aliphatic heterocycles. The summed E-state index contributed by atoms with van der Waals surface area (Å²) in [5.41, 5.74) is 6.16. The topological polar surface area (TPSA) is 63.8 Å². The molecule has 2 atom stereocenters. The van der Waals surface area contributed by atoms with E-state index in [0.717, 1.165) is 6.42 Å². The molecule has 0 aliphatic rings. The minimum atomic E-state index is 0.295. The molecule has 0 saturated carbocycles. The fourth-order valence-corrected chi connectivity index (χ4v) is 1.33. The van der Waals surface area contributed by atoms with Gasteiger partial charge in [-0.3, -0.25) is 0 Å². The van der Waals surface area contributed by atoms with Crippen molar-refractivity contribution in [2.75, 3.05) is 11.1 Å². The molecule has 15 heavy (non-hydrogen) atoms. The van der Waals surface area contributed by atoms with Gasteiger partial charge in [0.15, 0.2) is 11.0 Å². The van der Waals surface area contributed by atoms with Gasteiger partial charge in [-0.2, -0.15) is 0 Å². The summed E-state index contributed by atoms with van der Waals surface area (Å²) in [6, 6.07) is 0.309. The zero-order valence-corrected chi connectivity index (χ0v) is 10.0. The van der Waals surface area contributed by atoms with Crippen LogP contribution in [0.5, 0.6) is 0 Å². The second-order valence-corrected chi connectivity index (χ2v) is 4.10. The average Bonchev–Trinajstić information content (AvgIpc) is 2.23. The number of anilines is 2. The minimum absolute atomic E-state index is 0.295. The number of aromatic nitrogens is 2. The Bertz CT molecular complexity index is 329. The van der Waals surface area contributed by atoms with Gasteiger partial charge in [-0.15, -0.1) is 0 Å². The van der Waals surface area contributed by atoms with E-state index >= 15 is 0 Å². The van der Waals surface area contributed by atoms with E-state index < -0.39 is 0 Å². The van der Waals surface area contributed by atoms with E-state index in [1.807, 2.05) is 0 Å². The Morgan fingerprint density at radius 2 is 2.13 bits per heavy atom. The lowest BCUT2D eigenvalue weighted by Crippen LogP contribution is -2.24. The van der Waals surface area contributed by atoms with Crippen LogP contribution in [0.15, 0.2) is 6.33 Å². The van der Waals surface area contributed by atoms with Crippen LogP contribution in [0.2, 0.25) is 5.15 Å². The lowest BCUT2D eigenvalue weighted by Gasteiger charge is -2.21. The number of nitrogens with one attached hydrogen (secondary N) is 1. The SMILES string of the molecule is CCC(C)C(C)Nc1ncnc(Cl)c1N. The zero-order chi connectivity index (χ0) is 11.4. The first-order valence-corrected chi connectivity index (χ1v) is 5.46. The van der Waals surface area contributed by atoms with Crippen molar-refractivity contribution in [1.29, 1.82) is 0 Å². The van der Waals surface area contributed by atoms with Gasteiger partial charge in [0.2, 0.25) is 0 Å². The van der Waals surface area contributed by atoms with Gasteiger partial charge in [-0.05, 0) is 12.8 Å². The third-order valence-electron chi connectivity index (χ3n) is 2.70. The van der Waals surface area contributed by atoms with Gasteiger partial charge in [-0.1, -0.05) is 31.9 Å². The molecule has 0 amide bonds. The van der Waals surface area contributed by atoms with Crippen LogP contribution in [-0.4, -0.2) is 16.0 Å². The average molecular weight is 229 g/mol. The summed E-state index contributed by atoms with van der Waals surface area (Å²) in [6.07, 6.45) is 2.51. The maximum atomic E-state index is 5.79. The lowest BCUT2D eigenvalue weighted by molar-refractivity contribution is 0.493. The van der Waals surface area contributed by atoms with Crippen LogP contribution in [0.1, 0.15) is 27.2 Å². The Morgan fingerprint density at radius 1 is 1.47 bits per heavy atom. The molecule has 2 unspecified atom stereocenters. The van der Waals surface area contributed by atoms with Gasteiger partial charge in [0.25, 0.3) is 0 Å². The minimum Gasteiger partial charge on any atom is -0.393 e. The second kappa shape index (κ2) is 5.16. The third kappa shape index (κ3) is 2.96. The predicted octanol–water partition coefficient (Wildman–Crippen LogP) is 2.56. The molecule has 0 radical (unpaired) electrons. The van der Waals surface area contributed by atoms with Crippen LogP contribution in [-0.2, 0) is 0 Å². The van der Waals surface area contributed by atoms with E-state index in [9.17, 15) is 0 Å². The molecule has 1 aromatic rings. The number of hydrogen-bond acceptors (Lipinski definition) is 4. The number of rotatable bonds is 4. The van der Waals surface area contributed by atoms with E-state index in [4.69, 9.17) is 17.3 Å². The Morgan fingerprint density at radius 3 is 2.73 bits per heavy atom. The third-order valence-corrected chi connectivity index (χ3v) is 3.00. The molecule has 84 valence electrons. The van der Waals surface area contributed by atoms with Crippen LogP contribution in [0.3, 0.4) is 0 Å². The van der Waals surface area contributed by atoms with Crippen LogP contribution < -0.4 is 11.1 Å². The highest BCUT2D eigenvalue weighted by atomic mass is 35.5. The number of halogens is 1. The largest absolute Gasteiger partial charge is 0.393 e. The Labute approximate surface area is 95.3 Å². The maximum absolute atomic E-state index is 5.79. The van der Waals surface area contributed by atoms with Gasteiger partial charge in [0.1, 0.15) is 12.0 Å². The first-order valence-electron chi connectivity index (χ1n) is 5.08. The molecule has 0 aromatic carbocycles. The van der Waals surface area contributed by atoms with Crippen molar-refractivity contribution in [3.05, 3.63) is 11.5 Å². The molecule has 0 aliphatic carbocycles. The highest BCUT2D eigenvalue weighted by Crippen LogP contribution is 2.23. The van der Waals surface area contributed by atoms with Gasteiger partial charge >= 0.3 is 0 Å². The summed E-state index contributed by atoms with van der Waals surface area (Å²) < 4.78 is 0. The first-order chi connectivity index (χ1) is 7.06. The normalized spacial score (nSPS) is 14.7. The highest BCUT2D eigenvalue weighted by molar-refractivity contribution is 6.32. The Hall–Kier alpha value is -1.03. The Balaban J connectivity index is 2.76. The van der Waals surface area contributed by atoms with Gasteiger partial charge in [-0.25, -0.2) is 9.97 Å². The van der Waals surface area contributed by atoms with Crippen molar-refractivity contribution >= 4 is 23.1 Å². The number of nitrogens with two attached hydrogens (primary N) is 1. The van der Waals surface area contributed by atoms with Crippen molar-refractivity contribution < 1.29 is 0 Å². The van der Waals surface area contributed by atoms with Crippen LogP contribution in [0.25, 0.3) is 0 Å². The quantitative estimate of drug-likeness (QED) is 0.778. The van der Waals surface area contributed by atoms with Gasteiger partial charge in [0.05, 0.1) is 0 Å². The molecule has 1 heterocycles. The molecule has 0 bridgehead atoms. The summed E-state index contributed by atoms with van der Waals surface area (Å²) >= 11 is 5.79. The standard InChI is InChI=1S/C10H17ClN4/c1-4-6(2)7(3)15-10-8(12)9(11)13-5-14-10/h5-7H,4,12H2,1-3H3,(H,13,14,15). The van der Waals surface area contributed by atoms with E-state index in [2.05, 4.69) is 36.1 Å². The summed E-state index contributed by atoms with van der Waals surface area (Å²) in [7, 11) is 0. The number of nitrogens with zero attached hydrogens (tertiary/aromatic N) is 2. The molecule has 3 N–H and O–H groups in total. The second-order valence-electron chi connectivity index (χ2n) is 3.75. The predicted molar refractivity (Wildman–Crippen MR) is 64.0 cm³/mol. The first kappa shape index (κ1) is 12.0. The molecule has 1 rings (SSSR count). The van der Waals surface area contributed by atoms with E-state index in [0.29, 0.717) is 28.6 Å². The zero-order valence-electron chi connectivity index (χ0n) is 9.29. The number of hydrogen-bond donors (Lipinski definition) is 2. The molecule has 5 heteroatoms. The van der Waals surface area contributed by atoms with Crippen molar-refractivity contribution in [3.8, 4) is 0 Å². The molecule has 0 saturated heterocycles. The molecule has 4 nitrogen and oxygen atoms in total. The van der Waals surface area contributed by atoms with E-state index in [1.165, 1.54) is 6.33 Å². The summed E-state index contributed by atoms with van der Waals surface area (Å²) in [5.74, 6) is 1.17.